The lowest BCUT2D eigenvalue weighted by Gasteiger charge is -2.43. The lowest BCUT2D eigenvalue weighted by atomic mass is 9.98. The Morgan fingerprint density at radius 3 is 2.08 bits per heavy atom. The monoisotopic (exact) mass is 354 g/mol. The number of nitrogens with zero attached hydrogens (tertiary/aromatic N) is 2. The highest BCUT2D eigenvalue weighted by atomic mass is 16.5. The van der Waals surface area contributed by atoms with Crippen molar-refractivity contribution >= 4 is 0 Å². The maximum Gasteiger partial charge on any atom is 0.0853 e. The molecule has 2 aromatic carbocycles. The summed E-state index contributed by atoms with van der Waals surface area (Å²) >= 11 is 0. The number of rotatable bonds is 8. The summed E-state index contributed by atoms with van der Waals surface area (Å²) < 4.78 is 5.87. The van der Waals surface area contributed by atoms with Gasteiger partial charge in [0.1, 0.15) is 0 Å². The van der Waals surface area contributed by atoms with Gasteiger partial charge in [-0.3, -0.25) is 9.80 Å². The number of ether oxygens (including phenoxy) is 1. The summed E-state index contributed by atoms with van der Waals surface area (Å²) in [5, 5.41) is 9.25. The molecule has 2 atom stereocenters. The molecule has 140 valence electrons. The largest absolute Gasteiger partial charge is 0.395 e. The first-order chi connectivity index (χ1) is 12.8. The van der Waals surface area contributed by atoms with Gasteiger partial charge in [0.15, 0.2) is 0 Å². The molecule has 0 radical (unpaired) electrons. The van der Waals surface area contributed by atoms with Gasteiger partial charge < -0.3 is 9.84 Å². The van der Waals surface area contributed by atoms with Gasteiger partial charge in [0.05, 0.1) is 12.7 Å². The van der Waals surface area contributed by atoms with E-state index < -0.39 is 0 Å². The van der Waals surface area contributed by atoms with Crippen LogP contribution in [0.1, 0.15) is 17.5 Å². The molecule has 0 unspecified atom stereocenters. The van der Waals surface area contributed by atoms with Crippen LogP contribution in [0.4, 0.5) is 0 Å². The molecule has 4 nitrogen and oxygen atoms in total. The second-order valence-corrected chi connectivity index (χ2v) is 7.03. The van der Waals surface area contributed by atoms with Crippen LogP contribution in [0.5, 0.6) is 0 Å². The van der Waals surface area contributed by atoms with Gasteiger partial charge in [-0.2, -0.15) is 0 Å². The highest BCUT2D eigenvalue weighted by molar-refractivity contribution is 5.17. The molecule has 0 amide bonds. The van der Waals surface area contributed by atoms with E-state index >= 15 is 0 Å². The Kier molecular flexibility index (Phi) is 7.21. The summed E-state index contributed by atoms with van der Waals surface area (Å²) in [6.07, 6.45) is 1.21. The van der Waals surface area contributed by atoms with Crippen molar-refractivity contribution in [2.24, 2.45) is 0 Å². The smallest absolute Gasteiger partial charge is 0.0853 e. The van der Waals surface area contributed by atoms with Crippen molar-refractivity contribution in [3.05, 3.63) is 71.8 Å². The lowest BCUT2D eigenvalue weighted by molar-refractivity contribution is -0.0458. The second kappa shape index (κ2) is 9.83. The molecule has 3 rings (SSSR count). The van der Waals surface area contributed by atoms with Gasteiger partial charge in [-0.25, -0.2) is 0 Å². The third-order valence-electron chi connectivity index (χ3n) is 5.25. The fourth-order valence-corrected chi connectivity index (χ4v) is 3.89. The average molecular weight is 354 g/mol. The van der Waals surface area contributed by atoms with E-state index in [4.69, 9.17) is 4.74 Å². The van der Waals surface area contributed by atoms with Gasteiger partial charge in [-0.1, -0.05) is 60.7 Å². The average Bonchev–Trinajstić information content (AvgIpc) is 2.69. The zero-order valence-electron chi connectivity index (χ0n) is 15.6. The zero-order valence-corrected chi connectivity index (χ0v) is 15.6. The van der Waals surface area contributed by atoms with Crippen molar-refractivity contribution in [1.29, 1.82) is 0 Å². The fourth-order valence-electron chi connectivity index (χ4n) is 3.89. The SMILES string of the molecule is CO[C@H]1CN(CCO)CC[C@H]1N(Cc1ccccc1)Cc1ccccc1. The number of piperidine rings is 1. The molecule has 0 saturated carbocycles. The van der Waals surface area contributed by atoms with Crippen LogP contribution in [0.25, 0.3) is 0 Å². The first-order valence-electron chi connectivity index (χ1n) is 9.48. The number of hydrogen-bond acceptors (Lipinski definition) is 4. The van der Waals surface area contributed by atoms with Crippen molar-refractivity contribution in [3.8, 4) is 0 Å². The van der Waals surface area contributed by atoms with Crippen molar-refractivity contribution < 1.29 is 9.84 Å². The van der Waals surface area contributed by atoms with Crippen LogP contribution in [0.2, 0.25) is 0 Å². The summed E-state index contributed by atoms with van der Waals surface area (Å²) in [6.45, 7) is 4.65. The molecule has 1 N–H and O–H groups in total. The predicted molar refractivity (Wildman–Crippen MR) is 105 cm³/mol. The fraction of sp³-hybridized carbons (Fsp3) is 0.455. The van der Waals surface area contributed by atoms with Gasteiger partial charge in [-0.05, 0) is 24.1 Å². The van der Waals surface area contributed by atoms with Gasteiger partial charge >= 0.3 is 0 Å². The Bertz CT molecular complexity index is 594. The van der Waals surface area contributed by atoms with Crippen molar-refractivity contribution in [2.75, 3.05) is 33.4 Å². The van der Waals surface area contributed by atoms with Crippen LogP contribution < -0.4 is 0 Å². The highest BCUT2D eigenvalue weighted by Gasteiger charge is 2.33. The molecule has 1 saturated heterocycles. The van der Waals surface area contributed by atoms with Gasteiger partial charge in [-0.15, -0.1) is 0 Å². The number of aliphatic hydroxyl groups excluding tert-OH is 1. The van der Waals surface area contributed by atoms with Crippen molar-refractivity contribution in [1.82, 2.24) is 9.80 Å². The Morgan fingerprint density at radius 2 is 1.58 bits per heavy atom. The molecule has 1 aliphatic heterocycles. The van der Waals surface area contributed by atoms with Crippen molar-refractivity contribution in [2.45, 2.75) is 31.7 Å². The van der Waals surface area contributed by atoms with Crippen LogP contribution in [0, 0.1) is 0 Å². The Morgan fingerprint density at radius 1 is 1.00 bits per heavy atom. The molecule has 26 heavy (non-hydrogen) atoms. The quantitative estimate of drug-likeness (QED) is 0.791. The van der Waals surface area contributed by atoms with Gasteiger partial charge in [0, 0.05) is 39.3 Å². The second-order valence-electron chi connectivity index (χ2n) is 7.03. The number of β-amino-alcohol motifs (C(OH)–C–C–N with tert-alkyl or cyclic N) is 1. The van der Waals surface area contributed by atoms with E-state index in [9.17, 15) is 5.11 Å². The van der Waals surface area contributed by atoms with Gasteiger partial charge in [0.2, 0.25) is 0 Å². The Hall–Kier alpha value is -1.72. The van der Waals surface area contributed by atoms with Crippen LogP contribution in [-0.4, -0.2) is 60.4 Å². The number of benzene rings is 2. The van der Waals surface area contributed by atoms with Crippen molar-refractivity contribution in [3.63, 3.8) is 0 Å². The number of likely N-dealkylation sites (tertiary alicyclic amines) is 1. The molecule has 0 spiro atoms. The first-order valence-corrected chi connectivity index (χ1v) is 9.48. The minimum absolute atomic E-state index is 0.155. The zero-order chi connectivity index (χ0) is 18.2. The predicted octanol–water partition coefficient (Wildman–Crippen LogP) is 2.77. The van der Waals surface area contributed by atoms with E-state index in [1.165, 1.54) is 11.1 Å². The van der Waals surface area contributed by atoms with E-state index in [0.29, 0.717) is 6.04 Å². The molecule has 0 aromatic heterocycles. The normalized spacial score (nSPS) is 21.2. The van der Waals surface area contributed by atoms with E-state index in [0.717, 1.165) is 39.1 Å². The summed E-state index contributed by atoms with van der Waals surface area (Å²) in [7, 11) is 1.81. The molecule has 0 bridgehead atoms. The van der Waals surface area contributed by atoms with Crippen LogP contribution >= 0.6 is 0 Å². The summed E-state index contributed by atoms with van der Waals surface area (Å²) in [5.74, 6) is 0. The molecule has 2 aromatic rings. The van der Waals surface area contributed by atoms with E-state index in [1.54, 1.807) is 0 Å². The molecule has 1 fully saturated rings. The molecule has 4 heteroatoms. The Labute approximate surface area is 157 Å². The highest BCUT2D eigenvalue weighted by Crippen LogP contribution is 2.23. The third-order valence-corrected chi connectivity index (χ3v) is 5.25. The maximum atomic E-state index is 9.25. The van der Waals surface area contributed by atoms with Gasteiger partial charge in [0.25, 0.3) is 0 Å². The third kappa shape index (κ3) is 5.15. The molecule has 1 heterocycles. The molecule has 1 aliphatic rings. The maximum absolute atomic E-state index is 9.25. The molecular formula is C22H30N2O2. The molecular weight excluding hydrogens is 324 g/mol. The van der Waals surface area contributed by atoms with Crippen LogP contribution in [0.15, 0.2) is 60.7 Å². The van der Waals surface area contributed by atoms with Crippen LogP contribution in [0.3, 0.4) is 0 Å². The Balaban J connectivity index is 1.77. The van der Waals surface area contributed by atoms with Crippen LogP contribution in [-0.2, 0) is 17.8 Å². The molecule has 0 aliphatic carbocycles. The minimum Gasteiger partial charge on any atom is -0.395 e. The number of hydrogen-bond donors (Lipinski definition) is 1. The number of aliphatic hydroxyl groups is 1. The van der Waals surface area contributed by atoms with E-state index in [-0.39, 0.29) is 12.7 Å². The summed E-state index contributed by atoms with van der Waals surface area (Å²) in [5.41, 5.74) is 2.66. The lowest BCUT2D eigenvalue weighted by Crippen LogP contribution is -2.54. The minimum atomic E-state index is 0.155. The van der Waals surface area contributed by atoms with E-state index in [1.807, 2.05) is 7.11 Å². The summed E-state index contributed by atoms with van der Waals surface area (Å²) in [6, 6.07) is 21.7. The number of methoxy groups -OCH3 is 1. The standard InChI is InChI=1S/C22H30N2O2/c1-26-22-18-23(14-15-25)13-12-21(22)24(16-19-8-4-2-5-9-19)17-20-10-6-3-7-11-20/h2-11,21-22,25H,12-18H2,1H3/t21-,22+/m1/s1. The topological polar surface area (TPSA) is 35.9 Å². The first kappa shape index (κ1) is 19.1. The summed E-state index contributed by atoms with van der Waals surface area (Å²) in [4.78, 5) is 4.85. The van der Waals surface area contributed by atoms with E-state index in [2.05, 4.69) is 70.5 Å².